The van der Waals surface area contributed by atoms with Gasteiger partial charge in [-0.2, -0.15) is 5.10 Å². The topological polar surface area (TPSA) is 77.2 Å². The summed E-state index contributed by atoms with van der Waals surface area (Å²) in [6.45, 7) is 2.75. The largest absolute Gasteiger partial charge is 0.478 e. The van der Waals surface area contributed by atoms with Gasteiger partial charge in [0.2, 0.25) is 0 Å². The zero-order valence-corrected chi connectivity index (χ0v) is 10.4. The van der Waals surface area contributed by atoms with Gasteiger partial charge < -0.3 is 9.84 Å². The lowest BCUT2D eigenvalue weighted by Gasteiger charge is -2.02. The Kier molecular flexibility index (Phi) is 3.92. The lowest BCUT2D eigenvalue weighted by atomic mass is 10.2. The molecule has 0 radical (unpaired) electrons. The van der Waals surface area contributed by atoms with E-state index < -0.39 is 5.97 Å². The number of rotatable bonds is 5. The normalized spacial score (nSPS) is 10.8. The molecule has 0 aliphatic carbocycles. The van der Waals surface area contributed by atoms with Gasteiger partial charge in [-0.15, -0.1) is 0 Å². The smallest absolute Gasteiger partial charge is 0.328 e. The van der Waals surface area contributed by atoms with Gasteiger partial charge in [-0.3, -0.25) is 9.67 Å². The van der Waals surface area contributed by atoms with Crippen molar-refractivity contribution in [2.75, 3.05) is 0 Å². The molecule has 6 heteroatoms. The number of pyridine rings is 1. The second-order valence-corrected chi connectivity index (χ2v) is 3.76. The van der Waals surface area contributed by atoms with E-state index in [2.05, 4.69) is 10.1 Å². The van der Waals surface area contributed by atoms with Crippen molar-refractivity contribution in [3.63, 3.8) is 0 Å². The maximum absolute atomic E-state index is 10.4. The number of carboxylic acid groups (broad SMARTS) is 1. The van der Waals surface area contributed by atoms with Crippen LogP contribution >= 0.6 is 0 Å². The molecule has 0 bridgehead atoms. The third kappa shape index (κ3) is 3.67. The number of aryl methyl sites for hydroxylation is 1. The van der Waals surface area contributed by atoms with E-state index in [0.29, 0.717) is 17.1 Å². The number of ether oxygens (including phenoxy) is 1. The predicted octanol–water partition coefficient (Wildman–Crippen LogP) is 2.19. The van der Waals surface area contributed by atoms with Gasteiger partial charge in [0.25, 0.3) is 0 Å². The molecule has 0 unspecified atom stereocenters. The molecule has 0 aliphatic heterocycles. The first-order chi connectivity index (χ1) is 9.17. The van der Waals surface area contributed by atoms with Gasteiger partial charge in [0.05, 0.1) is 18.6 Å². The SMILES string of the molecule is CCn1cc(Oc2cncc(/C=C/C(=O)O)c2)cn1. The Morgan fingerprint density at radius 1 is 1.42 bits per heavy atom. The highest BCUT2D eigenvalue weighted by Gasteiger charge is 2.01. The fraction of sp³-hybridized carbons (Fsp3) is 0.154. The number of aromatic nitrogens is 3. The van der Waals surface area contributed by atoms with Crippen LogP contribution in [0.2, 0.25) is 0 Å². The first-order valence-corrected chi connectivity index (χ1v) is 5.73. The molecule has 2 aromatic heterocycles. The van der Waals surface area contributed by atoms with Crippen LogP contribution in [0.25, 0.3) is 6.08 Å². The van der Waals surface area contributed by atoms with Crippen LogP contribution in [0.1, 0.15) is 12.5 Å². The Balaban J connectivity index is 2.12. The maximum Gasteiger partial charge on any atom is 0.328 e. The van der Waals surface area contributed by atoms with Crippen molar-refractivity contribution in [1.29, 1.82) is 0 Å². The zero-order chi connectivity index (χ0) is 13.7. The first kappa shape index (κ1) is 12.8. The first-order valence-electron chi connectivity index (χ1n) is 5.73. The van der Waals surface area contributed by atoms with Gasteiger partial charge in [-0.1, -0.05) is 0 Å². The van der Waals surface area contributed by atoms with Crippen molar-refractivity contribution < 1.29 is 14.6 Å². The van der Waals surface area contributed by atoms with Crippen LogP contribution in [-0.4, -0.2) is 25.8 Å². The summed E-state index contributed by atoms with van der Waals surface area (Å²) in [6, 6.07) is 1.70. The minimum absolute atomic E-state index is 0.531. The minimum atomic E-state index is -1.00. The van der Waals surface area contributed by atoms with Crippen LogP contribution < -0.4 is 4.74 Å². The van der Waals surface area contributed by atoms with Crippen LogP contribution in [0.3, 0.4) is 0 Å². The second-order valence-electron chi connectivity index (χ2n) is 3.76. The van der Waals surface area contributed by atoms with E-state index in [4.69, 9.17) is 9.84 Å². The number of nitrogens with zero attached hydrogens (tertiary/aromatic N) is 3. The van der Waals surface area contributed by atoms with Gasteiger partial charge in [0, 0.05) is 18.8 Å². The van der Waals surface area contributed by atoms with E-state index in [1.807, 2.05) is 6.92 Å². The zero-order valence-electron chi connectivity index (χ0n) is 10.4. The summed E-state index contributed by atoms with van der Waals surface area (Å²) >= 11 is 0. The number of hydrogen-bond donors (Lipinski definition) is 1. The maximum atomic E-state index is 10.4. The molecule has 0 amide bonds. The van der Waals surface area contributed by atoms with Crippen LogP contribution in [0.15, 0.2) is 36.9 Å². The van der Waals surface area contributed by atoms with Crippen LogP contribution in [0.5, 0.6) is 11.5 Å². The van der Waals surface area contributed by atoms with E-state index in [1.165, 1.54) is 6.08 Å². The standard InChI is InChI=1S/C13H13N3O3/c1-2-16-9-12(8-15-16)19-11-5-10(6-14-7-11)3-4-13(17)18/h3-9H,2H2,1H3,(H,17,18)/b4-3+. The molecular formula is C13H13N3O3. The van der Waals surface area contributed by atoms with Gasteiger partial charge in [0.1, 0.15) is 5.75 Å². The lowest BCUT2D eigenvalue weighted by Crippen LogP contribution is -1.92. The van der Waals surface area contributed by atoms with E-state index in [1.54, 1.807) is 35.5 Å². The molecule has 2 rings (SSSR count). The van der Waals surface area contributed by atoms with Gasteiger partial charge >= 0.3 is 5.97 Å². The number of hydrogen-bond acceptors (Lipinski definition) is 4. The van der Waals surface area contributed by atoms with Crippen molar-refractivity contribution >= 4 is 12.0 Å². The molecule has 0 aromatic carbocycles. The number of carbonyl (C=O) groups is 1. The molecule has 0 atom stereocenters. The van der Waals surface area contributed by atoms with E-state index >= 15 is 0 Å². The second kappa shape index (κ2) is 5.81. The van der Waals surface area contributed by atoms with Crippen LogP contribution in [-0.2, 0) is 11.3 Å². The van der Waals surface area contributed by atoms with Gasteiger partial charge in [-0.25, -0.2) is 4.79 Å². The quantitative estimate of drug-likeness (QED) is 0.833. The van der Waals surface area contributed by atoms with Crippen molar-refractivity contribution in [3.8, 4) is 11.5 Å². The van der Waals surface area contributed by atoms with E-state index in [0.717, 1.165) is 12.6 Å². The molecular weight excluding hydrogens is 246 g/mol. The summed E-state index contributed by atoms with van der Waals surface area (Å²) in [5.74, 6) is 0.141. The molecule has 0 spiro atoms. The summed E-state index contributed by atoms with van der Waals surface area (Å²) in [5, 5.41) is 12.7. The summed E-state index contributed by atoms with van der Waals surface area (Å²) in [7, 11) is 0. The minimum Gasteiger partial charge on any atom is -0.478 e. The molecule has 98 valence electrons. The number of carboxylic acids is 1. The number of aliphatic carboxylic acids is 1. The molecule has 1 N–H and O–H groups in total. The monoisotopic (exact) mass is 259 g/mol. The lowest BCUT2D eigenvalue weighted by molar-refractivity contribution is -0.131. The van der Waals surface area contributed by atoms with E-state index in [-0.39, 0.29) is 0 Å². The Morgan fingerprint density at radius 3 is 2.95 bits per heavy atom. The van der Waals surface area contributed by atoms with Gasteiger partial charge in [-0.05, 0) is 24.6 Å². The van der Waals surface area contributed by atoms with Crippen molar-refractivity contribution in [2.24, 2.45) is 0 Å². The third-order valence-corrected chi connectivity index (χ3v) is 2.32. The predicted molar refractivity (Wildman–Crippen MR) is 68.9 cm³/mol. The molecule has 0 saturated carbocycles. The van der Waals surface area contributed by atoms with Crippen molar-refractivity contribution in [3.05, 3.63) is 42.5 Å². The average molecular weight is 259 g/mol. The highest BCUT2D eigenvalue weighted by atomic mass is 16.5. The Bertz CT molecular complexity index is 605. The Morgan fingerprint density at radius 2 is 2.26 bits per heavy atom. The fourth-order valence-corrected chi connectivity index (χ4v) is 1.46. The van der Waals surface area contributed by atoms with Crippen molar-refractivity contribution in [2.45, 2.75) is 13.5 Å². The molecule has 2 heterocycles. The van der Waals surface area contributed by atoms with Crippen LogP contribution in [0, 0.1) is 0 Å². The summed E-state index contributed by atoms with van der Waals surface area (Å²) < 4.78 is 7.33. The molecule has 2 aromatic rings. The summed E-state index contributed by atoms with van der Waals surface area (Å²) in [5.41, 5.74) is 0.655. The molecule has 19 heavy (non-hydrogen) atoms. The molecule has 6 nitrogen and oxygen atoms in total. The Hall–Kier alpha value is -2.63. The van der Waals surface area contributed by atoms with Gasteiger partial charge in [0.15, 0.2) is 5.75 Å². The van der Waals surface area contributed by atoms with Crippen molar-refractivity contribution in [1.82, 2.24) is 14.8 Å². The fourth-order valence-electron chi connectivity index (χ4n) is 1.46. The van der Waals surface area contributed by atoms with E-state index in [9.17, 15) is 4.79 Å². The third-order valence-electron chi connectivity index (χ3n) is 2.32. The highest BCUT2D eigenvalue weighted by molar-refractivity contribution is 5.85. The Labute approximate surface area is 110 Å². The summed E-state index contributed by atoms with van der Waals surface area (Å²) in [6.07, 6.45) is 9.01. The van der Waals surface area contributed by atoms with Crippen LogP contribution in [0.4, 0.5) is 0 Å². The molecule has 0 saturated heterocycles. The average Bonchev–Trinajstić information content (AvgIpc) is 2.84. The molecule has 0 aliphatic rings. The molecule has 0 fully saturated rings. The summed E-state index contributed by atoms with van der Waals surface area (Å²) in [4.78, 5) is 14.4. The highest BCUT2D eigenvalue weighted by Crippen LogP contribution is 2.21.